The van der Waals surface area contributed by atoms with Crippen LogP contribution in [0.15, 0.2) is 12.2 Å². The number of aliphatic carboxylic acids is 1. The summed E-state index contributed by atoms with van der Waals surface area (Å²) in [6.45, 7) is 7.45. The van der Waals surface area contributed by atoms with E-state index in [1.807, 2.05) is 0 Å². The van der Waals surface area contributed by atoms with E-state index in [0.29, 0.717) is 22.7 Å². The van der Waals surface area contributed by atoms with Gasteiger partial charge in [0.2, 0.25) is 0 Å². The zero-order valence-corrected chi connectivity index (χ0v) is 17.0. The summed E-state index contributed by atoms with van der Waals surface area (Å²) in [7, 11) is 0. The maximum Gasteiger partial charge on any atom is 0.0414 e. The van der Waals surface area contributed by atoms with E-state index in [1.54, 1.807) is 0 Å². The largest absolute Gasteiger partial charge is 0.550 e. The van der Waals surface area contributed by atoms with Gasteiger partial charge in [0, 0.05) is 5.97 Å². The van der Waals surface area contributed by atoms with Crippen molar-refractivity contribution in [3.05, 3.63) is 12.2 Å². The van der Waals surface area contributed by atoms with Gasteiger partial charge >= 0.3 is 0 Å². The van der Waals surface area contributed by atoms with Crippen molar-refractivity contribution in [3.8, 4) is 0 Å². The van der Waals surface area contributed by atoms with Crippen LogP contribution in [-0.4, -0.2) is 5.97 Å². The molecule has 2 nitrogen and oxygen atoms in total. The van der Waals surface area contributed by atoms with Crippen LogP contribution in [-0.2, 0) is 4.79 Å². The minimum absolute atomic E-state index is 0.226. The Morgan fingerprint density at radius 3 is 2.58 bits per heavy atom. The summed E-state index contributed by atoms with van der Waals surface area (Å²) in [6, 6.07) is 0. The summed E-state index contributed by atoms with van der Waals surface area (Å²) in [4.78, 5) is 10.9. The third kappa shape index (κ3) is 2.78. The highest BCUT2D eigenvalue weighted by atomic mass is 16.4. The Morgan fingerprint density at radius 1 is 1.04 bits per heavy atom. The smallest absolute Gasteiger partial charge is 0.0414 e. The fraction of sp³-hybridized carbons (Fsp3) is 0.875. The molecular formula is C24H37O2-. The monoisotopic (exact) mass is 357 g/mol. The zero-order chi connectivity index (χ0) is 18.5. The molecule has 0 unspecified atom stereocenters. The Bertz CT molecular complexity index is 581. The Hall–Kier alpha value is -0.790. The molecule has 146 valence electrons. The van der Waals surface area contributed by atoms with Crippen LogP contribution in [0.1, 0.15) is 85.0 Å². The Balaban J connectivity index is 1.55. The molecule has 3 fully saturated rings. The average Bonchev–Trinajstić information content (AvgIpc) is 2.96. The van der Waals surface area contributed by atoms with Crippen molar-refractivity contribution >= 4 is 5.97 Å². The van der Waals surface area contributed by atoms with E-state index in [-0.39, 0.29) is 6.42 Å². The number of hydrogen-bond donors (Lipinski definition) is 0. The predicted octanol–water partition coefficient (Wildman–Crippen LogP) is 4.98. The first-order valence-corrected chi connectivity index (χ1v) is 11.2. The number of allylic oxidation sites excluding steroid dienone is 2. The number of rotatable bonds is 4. The molecule has 4 aliphatic carbocycles. The van der Waals surface area contributed by atoms with Crippen LogP contribution >= 0.6 is 0 Å². The third-order valence-corrected chi connectivity index (χ3v) is 9.64. The van der Waals surface area contributed by atoms with E-state index in [4.69, 9.17) is 0 Å². The number of carbonyl (C=O) groups excluding carboxylic acids is 1. The topological polar surface area (TPSA) is 40.1 Å². The molecule has 0 aromatic heterocycles. The van der Waals surface area contributed by atoms with Gasteiger partial charge in [-0.2, -0.15) is 0 Å². The van der Waals surface area contributed by atoms with Crippen molar-refractivity contribution in [3.63, 3.8) is 0 Å². The van der Waals surface area contributed by atoms with E-state index in [1.165, 1.54) is 51.4 Å². The van der Waals surface area contributed by atoms with Crippen molar-refractivity contribution in [2.75, 3.05) is 0 Å². The Labute approximate surface area is 159 Å². The van der Waals surface area contributed by atoms with Gasteiger partial charge in [-0.3, -0.25) is 0 Å². The summed E-state index contributed by atoms with van der Waals surface area (Å²) >= 11 is 0. The molecule has 3 saturated carbocycles. The lowest BCUT2D eigenvalue weighted by atomic mass is 9.46. The molecule has 0 aromatic carbocycles. The minimum Gasteiger partial charge on any atom is -0.550 e. The molecule has 26 heavy (non-hydrogen) atoms. The molecule has 4 rings (SSSR count). The summed E-state index contributed by atoms with van der Waals surface area (Å²) in [5.74, 6) is 3.60. The third-order valence-electron chi connectivity index (χ3n) is 9.64. The molecule has 0 aliphatic heterocycles. The standard InChI is InChI=1S/C24H38O2/c1-16(7-12-22(25)26)19-10-11-20-18-9-8-17-6-4-5-14-23(17,2)21(18)13-15-24(19,20)3/h8-9,16-21H,4-7,10-15H2,1-3H3,(H,25,26)/p-1/t16-,17-,18+,19+,20+,21+,23-,24+/m0/s1. The van der Waals surface area contributed by atoms with Crippen LogP contribution in [0.5, 0.6) is 0 Å². The summed E-state index contributed by atoms with van der Waals surface area (Å²) in [5.41, 5.74) is 0.951. The van der Waals surface area contributed by atoms with Crippen LogP contribution in [0, 0.1) is 46.3 Å². The van der Waals surface area contributed by atoms with E-state index in [0.717, 1.165) is 30.1 Å². The maximum atomic E-state index is 10.9. The van der Waals surface area contributed by atoms with Gasteiger partial charge in [0.05, 0.1) is 0 Å². The van der Waals surface area contributed by atoms with Gasteiger partial charge in [0.25, 0.3) is 0 Å². The second-order valence-electron chi connectivity index (χ2n) is 10.6. The molecule has 0 heterocycles. The normalized spacial score (nSPS) is 48.3. The van der Waals surface area contributed by atoms with E-state index in [2.05, 4.69) is 32.9 Å². The Morgan fingerprint density at radius 2 is 1.81 bits per heavy atom. The first-order valence-electron chi connectivity index (χ1n) is 11.2. The van der Waals surface area contributed by atoms with Gasteiger partial charge in [-0.15, -0.1) is 0 Å². The van der Waals surface area contributed by atoms with E-state index >= 15 is 0 Å². The lowest BCUT2D eigenvalue weighted by Crippen LogP contribution is -2.51. The molecule has 0 N–H and O–H groups in total. The highest BCUT2D eigenvalue weighted by molar-refractivity contribution is 5.64. The molecule has 0 amide bonds. The van der Waals surface area contributed by atoms with Crippen LogP contribution < -0.4 is 5.11 Å². The fourth-order valence-corrected chi connectivity index (χ4v) is 8.18. The molecule has 2 heteroatoms. The van der Waals surface area contributed by atoms with Gasteiger partial charge in [-0.05, 0) is 97.7 Å². The summed E-state index contributed by atoms with van der Waals surface area (Å²) in [5, 5.41) is 10.9. The second kappa shape index (κ2) is 6.67. The van der Waals surface area contributed by atoms with Crippen molar-refractivity contribution in [1.29, 1.82) is 0 Å². The lowest BCUT2D eigenvalue weighted by Gasteiger charge is -2.58. The van der Waals surface area contributed by atoms with Crippen molar-refractivity contribution in [1.82, 2.24) is 0 Å². The lowest BCUT2D eigenvalue weighted by molar-refractivity contribution is -0.306. The number of carbonyl (C=O) groups is 1. The summed E-state index contributed by atoms with van der Waals surface area (Å²) < 4.78 is 0. The van der Waals surface area contributed by atoms with Gasteiger partial charge in [0.1, 0.15) is 0 Å². The molecule has 0 aromatic rings. The number of hydrogen-bond acceptors (Lipinski definition) is 2. The predicted molar refractivity (Wildman–Crippen MR) is 103 cm³/mol. The molecule has 0 spiro atoms. The highest BCUT2D eigenvalue weighted by Gasteiger charge is 2.58. The maximum absolute atomic E-state index is 10.9. The summed E-state index contributed by atoms with van der Waals surface area (Å²) in [6.07, 6.45) is 17.3. The molecule has 4 aliphatic rings. The first-order chi connectivity index (χ1) is 12.4. The molecule has 8 atom stereocenters. The zero-order valence-electron chi connectivity index (χ0n) is 17.0. The van der Waals surface area contributed by atoms with Crippen molar-refractivity contribution in [2.45, 2.75) is 85.0 Å². The molecule has 0 bridgehead atoms. The number of carboxylic acid groups (broad SMARTS) is 1. The minimum atomic E-state index is -0.883. The van der Waals surface area contributed by atoms with Gasteiger partial charge in [0.15, 0.2) is 0 Å². The number of fused-ring (bicyclic) bond motifs is 5. The molecule has 0 saturated heterocycles. The first kappa shape index (κ1) is 18.6. The fourth-order valence-electron chi connectivity index (χ4n) is 8.18. The van der Waals surface area contributed by atoms with Gasteiger partial charge in [-0.25, -0.2) is 0 Å². The van der Waals surface area contributed by atoms with Crippen LogP contribution in [0.2, 0.25) is 0 Å². The SMILES string of the molecule is C[C@@H](CCC(=O)[O-])[C@H]1CC[C@@H]2[C@H]3C=C[C@@H]4CCCC[C@]4(C)[C@@H]3CC[C@@]21C. The van der Waals surface area contributed by atoms with Crippen LogP contribution in [0.3, 0.4) is 0 Å². The quantitative estimate of drug-likeness (QED) is 0.666. The Kier molecular flexibility index (Phi) is 4.77. The van der Waals surface area contributed by atoms with Gasteiger partial charge < -0.3 is 9.90 Å². The van der Waals surface area contributed by atoms with E-state index < -0.39 is 5.97 Å². The molecular weight excluding hydrogens is 320 g/mol. The van der Waals surface area contributed by atoms with Crippen molar-refractivity contribution < 1.29 is 9.90 Å². The van der Waals surface area contributed by atoms with Gasteiger partial charge in [-0.1, -0.05) is 45.8 Å². The second-order valence-corrected chi connectivity index (χ2v) is 10.6. The highest BCUT2D eigenvalue weighted by Crippen LogP contribution is 2.66. The number of carboxylic acids is 1. The molecule has 0 radical (unpaired) electrons. The van der Waals surface area contributed by atoms with Crippen molar-refractivity contribution in [2.24, 2.45) is 46.3 Å². The van der Waals surface area contributed by atoms with Crippen LogP contribution in [0.4, 0.5) is 0 Å². The van der Waals surface area contributed by atoms with Crippen LogP contribution in [0.25, 0.3) is 0 Å². The van der Waals surface area contributed by atoms with E-state index in [9.17, 15) is 9.90 Å². The average molecular weight is 358 g/mol.